The predicted molar refractivity (Wildman–Crippen MR) is 97.9 cm³/mol. The smallest absolute Gasteiger partial charge is 0.112 e. The number of halogens is 1. The Morgan fingerprint density at radius 3 is 2.62 bits per heavy atom. The highest BCUT2D eigenvalue weighted by Gasteiger charge is 2.19. The molecule has 0 saturated heterocycles. The van der Waals surface area contributed by atoms with E-state index in [4.69, 9.17) is 0 Å². The highest BCUT2D eigenvalue weighted by molar-refractivity contribution is 14.1. The van der Waals surface area contributed by atoms with E-state index in [1.807, 2.05) is 18.6 Å². The molecule has 21 heavy (non-hydrogen) atoms. The van der Waals surface area contributed by atoms with Crippen molar-refractivity contribution in [1.29, 1.82) is 0 Å². The molecule has 1 aromatic carbocycles. The van der Waals surface area contributed by atoms with E-state index in [2.05, 4.69) is 82.8 Å². The molecule has 0 fully saturated rings. The molecule has 0 bridgehead atoms. The van der Waals surface area contributed by atoms with E-state index in [0.29, 0.717) is 0 Å². The largest absolute Gasteiger partial charge is 0.275 e. The van der Waals surface area contributed by atoms with E-state index >= 15 is 0 Å². The second-order valence-corrected chi connectivity index (χ2v) is 7.92. The third-order valence-electron chi connectivity index (χ3n) is 3.57. The Bertz CT molecular complexity index is 730. The zero-order valence-corrected chi connectivity index (χ0v) is 14.3. The molecule has 2 nitrogen and oxygen atoms in total. The maximum absolute atomic E-state index is 4.62. The van der Waals surface area contributed by atoms with Crippen LogP contribution in [-0.2, 0) is 0 Å². The minimum atomic E-state index is -0.000662. The van der Waals surface area contributed by atoms with Crippen LogP contribution in [0.2, 0.25) is 0 Å². The first-order chi connectivity index (χ1) is 10.0. The summed E-state index contributed by atoms with van der Waals surface area (Å²) in [6, 6.07) is 10.7. The first-order valence-corrected chi connectivity index (χ1v) is 8.08. The van der Waals surface area contributed by atoms with E-state index in [9.17, 15) is 0 Å². The van der Waals surface area contributed by atoms with E-state index in [-0.39, 0.29) is 3.55 Å². The fourth-order valence-electron chi connectivity index (χ4n) is 2.39. The van der Waals surface area contributed by atoms with Gasteiger partial charge in [-0.25, -0.2) is 0 Å². The molecule has 1 aliphatic rings. The average molecular weight is 388 g/mol. The van der Waals surface area contributed by atoms with Gasteiger partial charge in [0.1, 0.15) is 3.55 Å². The molecule has 0 N–H and O–H groups in total. The minimum absolute atomic E-state index is 0.000662. The maximum Gasteiger partial charge on any atom is 0.112 e. The number of hydrogen-bond acceptors (Lipinski definition) is 2. The fourth-order valence-corrected chi connectivity index (χ4v) is 2.75. The number of benzene rings is 1. The van der Waals surface area contributed by atoms with Crippen LogP contribution in [0.4, 0.5) is 0 Å². The van der Waals surface area contributed by atoms with E-state index < -0.39 is 0 Å². The highest BCUT2D eigenvalue weighted by Crippen LogP contribution is 2.31. The van der Waals surface area contributed by atoms with Gasteiger partial charge < -0.3 is 0 Å². The van der Waals surface area contributed by atoms with Crippen molar-refractivity contribution in [3.8, 4) is 11.1 Å². The molecule has 1 aromatic heterocycles. The fraction of sp³-hybridized carbons (Fsp3) is 0.222. The molecule has 1 atom stereocenters. The normalized spacial score (nSPS) is 21.2. The van der Waals surface area contributed by atoms with Crippen LogP contribution < -0.4 is 0 Å². The van der Waals surface area contributed by atoms with Crippen molar-refractivity contribution in [2.24, 2.45) is 4.99 Å². The van der Waals surface area contributed by atoms with Gasteiger partial charge in [-0.3, -0.25) is 9.98 Å². The van der Waals surface area contributed by atoms with Crippen LogP contribution in [0.3, 0.4) is 0 Å². The van der Waals surface area contributed by atoms with Crippen LogP contribution in [0.5, 0.6) is 0 Å². The van der Waals surface area contributed by atoms with Crippen LogP contribution in [0, 0.1) is 6.92 Å². The second-order valence-electron chi connectivity index (χ2n) is 5.60. The topological polar surface area (TPSA) is 25.2 Å². The number of alkyl halides is 1. The van der Waals surface area contributed by atoms with Crippen molar-refractivity contribution < 1.29 is 0 Å². The number of hydrogen-bond donors (Lipinski definition) is 0. The monoisotopic (exact) mass is 388 g/mol. The van der Waals surface area contributed by atoms with Crippen LogP contribution in [0.25, 0.3) is 16.7 Å². The lowest BCUT2D eigenvalue weighted by molar-refractivity contribution is 0.728. The van der Waals surface area contributed by atoms with E-state index in [0.717, 1.165) is 12.0 Å². The van der Waals surface area contributed by atoms with Crippen molar-refractivity contribution in [3.05, 3.63) is 59.9 Å². The highest BCUT2D eigenvalue weighted by atomic mass is 127. The van der Waals surface area contributed by atoms with Gasteiger partial charge in [-0.2, -0.15) is 0 Å². The second kappa shape index (κ2) is 5.72. The van der Waals surface area contributed by atoms with Gasteiger partial charge in [0.2, 0.25) is 0 Å². The summed E-state index contributed by atoms with van der Waals surface area (Å²) in [6.07, 6.45) is 9.02. The molecule has 0 radical (unpaired) electrons. The average Bonchev–Trinajstić information content (AvgIpc) is 2.47. The Morgan fingerprint density at radius 1 is 1.10 bits per heavy atom. The van der Waals surface area contributed by atoms with Gasteiger partial charge in [0.25, 0.3) is 0 Å². The summed E-state index contributed by atoms with van der Waals surface area (Å²) in [6.45, 7) is 4.21. The summed E-state index contributed by atoms with van der Waals surface area (Å²) < 4.78 is -0.000662. The summed E-state index contributed by atoms with van der Waals surface area (Å²) in [5.41, 5.74) is 5.94. The summed E-state index contributed by atoms with van der Waals surface area (Å²) in [5, 5.41) is 0. The Morgan fingerprint density at radius 2 is 1.90 bits per heavy atom. The molecule has 3 rings (SSSR count). The quantitative estimate of drug-likeness (QED) is 0.401. The first kappa shape index (κ1) is 14.4. The van der Waals surface area contributed by atoms with Crippen molar-refractivity contribution in [1.82, 2.24) is 4.98 Å². The molecule has 0 unspecified atom stereocenters. The van der Waals surface area contributed by atoms with Crippen LogP contribution in [0.1, 0.15) is 24.5 Å². The predicted octanol–water partition coefficient (Wildman–Crippen LogP) is 5.07. The van der Waals surface area contributed by atoms with Crippen LogP contribution in [0.15, 0.2) is 53.8 Å². The standard InChI is InChI=1S/C18H17IN2/c1-13-8-17(11-20-10-13)15-5-3-4-14(9-15)16-6-7-18(2,19)21-12-16/h3-6,8-12H,7H2,1-2H3/t18-/m1/s1. The Labute approximate surface area is 139 Å². The number of aromatic nitrogens is 1. The first-order valence-electron chi connectivity index (χ1n) is 7.00. The number of rotatable bonds is 2. The molecule has 3 heteroatoms. The Kier molecular flexibility index (Phi) is 3.93. The number of pyridine rings is 1. The van der Waals surface area contributed by atoms with Gasteiger partial charge in [0.15, 0.2) is 0 Å². The third-order valence-corrected chi connectivity index (χ3v) is 4.29. The van der Waals surface area contributed by atoms with Gasteiger partial charge in [-0.05, 0) is 48.2 Å². The van der Waals surface area contributed by atoms with Crippen molar-refractivity contribution in [3.63, 3.8) is 0 Å². The summed E-state index contributed by atoms with van der Waals surface area (Å²) in [4.78, 5) is 8.90. The molecule has 2 aromatic rings. The Hall–Kier alpha value is -1.49. The number of dihydropyridines is 1. The summed E-state index contributed by atoms with van der Waals surface area (Å²) >= 11 is 2.39. The molecular formula is C18H17IN2. The van der Waals surface area contributed by atoms with Gasteiger partial charge in [0.05, 0.1) is 0 Å². The maximum atomic E-state index is 4.62. The number of allylic oxidation sites excluding steroid dienone is 1. The lowest BCUT2D eigenvalue weighted by Gasteiger charge is -2.20. The van der Waals surface area contributed by atoms with E-state index in [1.54, 1.807) is 0 Å². The SMILES string of the molecule is Cc1cncc(-c2cccc(C3=CC[C@](C)(I)N=C3)c2)c1. The van der Waals surface area contributed by atoms with Crippen molar-refractivity contribution >= 4 is 34.4 Å². The minimum Gasteiger partial charge on any atom is -0.275 e. The molecule has 2 heterocycles. The third kappa shape index (κ3) is 3.40. The lowest BCUT2D eigenvalue weighted by atomic mass is 9.97. The zero-order valence-electron chi connectivity index (χ0n) is 12.2. The van der Waals surface area contributed by atoms with Gasteiger partial charge >= 0.3 is 0 Å². The Balaban J connectivity index is 1.95. The lowest BCUT2D eigenvalue weighted by Crippen LogP contribution is -2.14. The van der Waals surface area contributed by atoms with Gasteiger partial charge in [0, 0.05) is 30.6 Å². The summed E-state index contributed by atoms with van der Waals surface area (Å²) in [7, 11) is 0. The van der Waals surface area contributed by atoms with Gasteiger partial charge in [-0.1, -0.05) is 46.9 Å². The van der Waals surface area contributed by atoms with Crippen molar-refractivity contribution in [2.75, 3.05) is 0 Å². The number of aliphatic imine (C=N–C) groups is 1. The number of nitrogens with zero attached hydrogens (tertiary/aromatic N) is 2. The van der Waals surface area contributed by atoms with Crippen LogP contribution in [-0.4, -0.2) is 14.7 Å². The van der Waals surface area contributed by atoms with Gasteiger partial charge in [-0.15, -0.1) is 0 Å². The number of aryl methyl sites for hydroxylation is 1. The van der Waals surface area contributed by atoms with E-state index in [1.165, 1.54) is 22.3 Å². The molecule has 0 saturated carbocycles. The molecular weight excluding hydrogens is 371 g/mol. The zero-order chi connectivity index (χ0) is 14.9. The molecule has 1 aliphatic heterocycles. The molecule has 0 amide bonds. The van der Waals surface area contributed by atoms with Crippen molar-refractivity contribution in [2.45, 2.75) is 23.8 Å². The molecule has 106 valence electrons. The van der Waals surface area contributed by atoms with Crippen LogP contribution >= 0.6 is 22.6 Å². The molecule has 0 spiro atoms. The molecule has 0 aliphatic carbocycles. The summed E-state index contributed by atoms with van der Waals surface area (Å²) in [5.74, 6) is 0.